The minimum atomic E-state index is -1.06. The second kappa shape index (κ2) is 7.13. The maximum absolute atomic E-state index is 11.9. The van der Waals surface area contributed by atoms with Crippen LogP contribution in [0, 0.1) is 0 Å². The van der Waals surface area contributed by atoms with Gasteiger partial charge in [-0.2, -0.15) is 0 Å². The molecule has 7 heteroatoms. The van der Waals surface area contributed by atoms with Crippen LogP contribution in [0.5, 0.6) is 0 Å². The molecule has 0 spiro atoms. The van der Waals surface area contributed by atoms with E-state index < -0.39 is 23.9 Å². The predicted molar refractivity (Wildman–Crippen MR) is 73.4 cm³/mol. The fourth-order valence-electron chi connectivity index (χ4n) is 1.63. The number of carbonyl (C=O) groups is 3. The molecule has 0 aliphatic rings. The number of amides is 3. The molecule has 0 radical (unpaired) electrons. The van der Waals surface area contributed by atoms with Gasteiger partial charge < -0.3 is 21.5 Å². The van der Waals surface area contributed by atoms with Gasteiger partial charge in [-0.1, -0.05) is 13.3 Å². The van der Waals surface area contributed by atoms with Gasteiger partial charge in [0.2, 0.25) is 0 Å². The fraction of sp³-hybridized carbons (Fsp3) is 0.308. The normalized spacial score (nSPS) is 11.4. The van der Waals surface area contributed by atoms with E-state index in [1.54, 1.807) is 0 Å². The highest BCUT2D eigenvalue weighted by atomic mass is 16.4. The number of urea groups is 1. The Labute approximate surface area is 116 Å². The van der Waals surface area contributed by atoms with E-state index in [2.05, 4.69) is 10.6 Å². The summed E-state index contributed by atoms with van der Waals surface area (Å²) in [5, 5.41) is 13.8. The molecule has 20 heavy (non-hydrogen) atoms. The molecule has 0 bridgehead atoms. The SMILES string of the molecule is CCCC(NC(=O)c1ccc(NC(N)=O)cc1)C(=O)O. The summed E-state index contributed by atoms with van der Waals surface area (Å²) in [6.07, 6.45) is 1.01. The molecule has 1 aromatic rings. The fourth-order valence-corrected chi connectivity index (χ4v) is 1.63. The summed E-state index contributed by atoms with van der Waals surface area (Å²) in [6.45, 7) is 1.84. The average molecular weight is 279 g/mol. The number of anilines is 1. The Morgan fingerprint density at radius 2 is 1.85 bits per heavy atom. The zero-order valence-corrected chi connectivity index (χ0v) is 11.1. The van der Waals surface area contributed by atoms with Gasteiger partial charge in [-0.3, -0.25) is 4.79 Å². The number of rotatable bonds is 6. The topological polar surface area (TPSA) is 122 Å². The van der Waals surface area contributed by atoms with Gasteiger partial charge in [0.05, 0.1) is 0 Å². The Morgan fingerprint density at radius 1 is 1.25 bits per heavy atom. The molecule has 1 aromatic carbocycles. The Bertz CT molecular complexity index is 499. The molecule has 108 valence electrons. The van der Waals surface area contributed by atoms with E-state index in [0.29, 0.717) is 24.1 Å². The van der Waals surface area contributed by atoms with Gasteiger partial charge in [0.25, 0.3) is 5.91 Å². The Hall–Kier alpha value is -2.57. The third-order valence-electron chi connectivity index (χ3n) is 2.60. The van der Waals surface area contributed by atoms with Crippen molar-refractivity contribution in [1.29, 1.82) is 0 Å². The summed E-state index contributed by atoms with van der Waals surface area (Å²) in [5.41, 5.74) is 5.72. The number of carboxylic acids is 1. The first kappa shape index (κ1) is 15.5. The minimum absolute atomic E-state index is 0.308. The van der Waals surface area contributed by atoms with Crippen LogP contribution >= 0.6 is 0 Å². The van der Waals surface area contributed by atoms with Crippen LogP contribution in [0.3, 0.4) is 0 Å². The molecule has 5 N–H and O–H groups in total. The number of hydrogen-bond donors (Lipinski definition) is 4. The Balaban J connectivity index is 2.71. The van der Waals surface area contributed by atoms with Gasteiger partial charge in [0.15, 0.2) is 0 Å². The summed E-state index contributed by atoms with van der Waals surface area (Å²) in [4.78, 5) is 33.5. The molecule has 0 aliphatic carbocycles. The van der Waals surface area contributed by atoms with Crippen LogP contribution < -0.4 is 16.4 Å². The van der Waals surface area contributed by atoms with Crippen molar-refractivity contribution in [2.75, 3.05) is 5.32 Å². The number of hydrogen-bond acceptors (Lipinski definition) is 3. The standard InChI is InChI=1S/C13H17N3O4/c1-2-3-10(12(18)19)16-11(17)8-4-6-9(7-5-8)15-13(14)20/h4-7,10H,2-3H2,1H3,(H,16,17)(H,18,19)(H3,14,15,20). The van der Waals surface area contributed by atoms with Gasteiger partial charge in [-0.05, 0) is 30.7 Å². The molecule has 3 amide bonds. The molecule has 7 nitrogen and oxygen atoms in total. The van der Waals surface area contributed by atoms with Crippen LogP contribution in [0.15, 0.2) is 24.3 Å². The monoisotopic (exact) mass is 279 g/mol. The molecule has 0 saturated carbocycles. The quantitative estimate of drug-likeness (QED) is 0.624. The number of nitrogens with two attached hydrogens (primary N) is 1. The van der Waals surface area contributed by atoms with Crippen molar-refractivity contribution in [2.45, 2.75) is 25.8 Å². The maximum atomic E-state index is 11.9. The lowest BCUT2D eigenvalue weighted by molar-refractivity contribution is -0.139. The van der Waals surface area contributed by atoms with Crippen LogP contribution in [0.2, 0.25) is 0 Å². The maximum Gasteiger partial charge on any atom is 0.326 e. The molecular formula is C13H17N3O4. The number of benzene rings is 1. The average Bonchev–Trinajstić information content (AvgIpc) is 2.38. The number of carboxylic acid groups (broad SMARTS) is 1. The highest BCUT2D eigenvalue weighted by Crippen LogP contribution is 2.10. The van der Waals surface area contributed by atoms with Crippen molar-refractivity contribution in [3.8, 4) is 0 Å². The molecular weight excluding hydrogens is 262 g/mol. The molecule has 1 unspecified atom stereocenters. The van der Waals surface area contributed by atoms with Gasteiger partial charge in [0, 0.05) is 11.3 Å². The van der Waals surface area contributed by atoms with Crippen LogP contribution in [0.4, 0.5) is 10.5 Å². The molecule has 1 atom stereocenters. The number of primary amides is 1. The lowest BCUT2D eigenvalue weighted by Crippen LogP contribution is -2.40. The van der Waals surface area contributed by atoms with E-state index in [9.17, 15) is 14.4 Å². The minimum Gasteiger partial charge on any atom is -0.480 e. The summed E-state index contributed by atoms with van der Waals surface area (Å²) in [7, 11) is 0. The summed E-state index contributed by atoms with van der Waals surface area (Å²) < 4.78 is 0. The molecule has 1 rings (SSSR count). The Kier molecular flexibility index (Phi) is 5.52. The summed E-state index contributed by atoms with van der Waals surface area (Å²) >= 11 is 0. The Morgan fingerprint density at radius 3 is 2.30 bits per heavy atom. The highest BCUT2D eigenvalue weighted by molar-refractivity contribution is 5.97. The smallest absolute Gasteiger partial charge is 0.326 e. The van der Waals surface area contributed by atoms with E-state index in [1.165, 1.54) is 24.3 Å². The van der Waals surface area contributed by atoms with Crippen LogP contribution in [-0.4, -0.2) is 29.1 Å². The largest absolute Gasteiger partial charge is 0.480 e. The van der Waals surface area contributed by atoms with Crippen LogP contribution in [0.1, 0.15) is 30.1 Å². The third kappa shape index (κ3) is 4.60. The van der Waals surface area contributed by atoms with Crippen molar-refractivity contribution < 1.29 is 19.5 Å². The first-order valence-electron chi connectivity index (χ1n) is 6.14. The molecule has 0 aromatic heterocycles. The first-order chi connectivity index (χ1) is 9.43. The van der Waals surface area contributed by atoms with Gasteiger partial charge in [-0.25, -0.2) is 9.59 Å². The number of carbonyl (C=O) groups excluding carboxylic acids is 2. The van der Waals surface area contributed by atoms with E-state index in [4.69, 9.17) is 10.8 Å². The summed E-state index contributed by atoms with van der Waals surface area (Å²) in [6, 6.07) is 4.37. The van der Waals surface area contributed by atoms with E-state index >= 15 is 0 Å². The van der Waals surface area contributed by atoms with Crippen molar-refractivity contribution in [3.05, 3.63) is 29.8 Å². The van der Waals surface area contributed by atoms with Crippen LogP contribution in [0.25, 0.3) is 0 Å². The number of aliphatic carboxylic acids is 1. The lowest BCUT2D eigenvalue weighted by Gasteiger charge is -2.13. The van der Waals surface area contributed by atoms with Crippen molar-refractivity contribution in [1.82, 2.24) is 5.32 Å². The van der Waals surface area contributed by atoms with Crippen molar-refractivity contribution in [2.24, 2.45) is 5.73 Å². The summed E-state index contributed by atoms with van der Waals surface area (Å²) in [5.74, 6) is -1.54. The molecule has 0 fully saturated rings. The van der Waals surface area contributed by atoms with Crippen molar-refractivity contribution in [3.63, 3.8) is 0 Å². The second-order valence-electron chi connectivity index (χ2n) is 4.22. The molecule has 0 saturated heterocycles. The van der Waals surface area contributed by atoms with E-state index in [0.717, 1.165) is 0 Å². The van der Waals surface area contributed by atoms with E-state index in [1.807, 2.05) is 6.92 Å². The number of nitrogens with one attached hydrogen (secondary N) is 2. The van der Waals surface area contributed by atoms with Crippen LogP contribution in [-0.2, 0) is 4.79 Å². The van der Waals surface area contributed by atoms with Gasteiger partial charge in [0.1, 0.15) is 6.04 Å². The third-order valence-corrected chi connectivity index (χ3v) is 2.60. The van der Waals surface area contributed by atoms with E-state index in [-0.39, 0.29) is 0 Å². The second-order valence-corrected chi connectivity index (χ2v) is 4.22. The van der Waals surface area contributed by atoms with Gasteiger partial charge in [-0.15, -0.1) is 0 Å². The van der Waals surface area contributed by atoms with Crippen molar-refractivity contribution >= 4 is 23.6 Å². The molecule has 0 heterocycles. The molecule has 0 aliphatic heterocycles. The van der Waals surface area contributed by atoms with Gasteiger partial charge >= 0.3 is 12.0 Å². The zero-order valence-electron chi connectivity index (χ0n) is 11.1. The lowest BCUT2D eigenvalue weighted by atomic mass is 10.1. The zero-order chi connectivity index (χ0) is 15.1. The first-order valence-corrected chi connectivity index (χ1v) is 6.14. The highest BCUT2D eigenvalue weighted by Gasteiger charge is 2.19. The predicted octanol–water partition coefficient (Wildman–Crippen LogP) is 1.16.